The molecule has 0 saturated carbocycles. The highest BCUT2D eigenvalue weighted by molar-refractivity contribution is 5.60. The number of allylic oxidation sites excluding steroid dienone is 2. The van der Waals surface area contributed by atoms with Crippen LogP contribution in [0.4, 0.5) is 0 Å². The Labute approximate surface area is 170 Å². The van der Waals surface area contributed by atoms with Gasteiger partial charge in [-0.25, -0.2) is 0 Å². The summed E-state index contributed by atoms with van der Waals surface area (Å²) in [5, 5.41) is 0. The molecule has 1 heteroatoms. The van der Waals surface area contributed by atoms with Crippen molar-refractivity contribution in [3.8, 4) is 0 Å². The Bertz CT molecular complexity index is 571. The number of hydrogen-bond acceptors (Lipinski definition) is 1. The predicted octanol–water partition coefficient (Wildman–Crippen LogP) is 8.33. The number of hydrogen-bond donors (Lipinski definition) is 0. The van der Waals surface area contributed by atoms with Gasteiger partial charge in [-0.05, 0) is 69.4 Å². The van der Waals surface area contributed by atoms with E-state index < -0.39 is 0 Å². The average Bonchev–Trinajstić information content (AvgIpc) is 2.62. The molecule has 0 aliphatic carbocycles. The van der Waals surface area contributed by atoms with Gasteiger partial charge >= 0.3 is 0 Å². The van der Waals surface area contributed by atoms with E-state index in [9.17, 15) is 0 Å². The third kappa shape index (κ3) is 6.38. The molecule has 0 aliphatic heterocycles. The lowest BCUT2D eigenvalue weighted by Gasteiger charge is -2.56. The molecule has 0 radical (unpaired) electrons. The summed E-state index contributed by atoms with van der Waals surface area (Å²) in [6.45, 7) is 24.4. The maximum absolute atomic E-state index is 5.26. The van der Waals surface area contributed by atoms with Gasteiger partial charge in [0.05, 0.1) is 5.54 Å². The van der Waals surface area contributed by atoms with Gasteiger partial charge in [-0.1, -0.05) is 71.9 Å². The monoisotopic (exact) mass is 371 g/mol. The minimum atomic E-state index is -0.196. The first-order chi connectivity index (χ1) is 12.6. The van der Waals surface area contributed by atoms with Crippen molar-refractivity contribution in [1.29, 1.82) is 0 Å². The molecule has 0 saturated heterocycles. The van der Waals surface area contributed by atoms with Crippen molar-refractivity contribution in [2.24, 2.45) is 21.7 Å². The molecule has 0 N–H and O–H groups in total. The minimum Gasteiger partial charge on any atom is -0.290 e. The van der Waals surface area contributed by atoms with Crippen LogP contribution in [0.25, 0.3) is 0 Å². The van der Waals surface area contributed by atoms with Gasteiger partial charge in [-0.3, -0.25) is 4.99 Å². The molecule has 0 amide bonds. The Balaban J connectivity index is 6.69. The van der Waals surface area contributed by atoms with Crippen LogP contribution in [0.15, 0.2) is 40.8 Å². The Morgan fingerprint density at radius 3 is 2.00 bits per heavy atom. The molecular formula is C26H45N. The van der Waals surface area contributed by atoms with Crippen LogP contribution < -0.4 is 0 Å². The summed E-state index contributed by atoms with van der Waals surface area (Å²) in [5.41, 5.74) is 7.52. The lowest BCUT2D eigenvalue weighted by atomic mass is 9.50. The number of aliphatic imine (C=N–C) groups is 1. The van der Waals surface area contributed by atoms with Gasteiger partial charge in [-0.2, -0.15) is 0 Å². The van der Waals surface area contributed by atoms with Crippen molar-refractivity contribution in [2.45, 2.75) is 106 Å². The number of nitrogens with zero attached hydrogens (tertiary/aromatic N) is 1. The molecule has 0 aromatic rings. The molecule has 27 heavy (non-hydrogen) atoms. The second kappa shape index (κ2) is 11.5. The van der Waals surface area contributed by atoms with E-state index in [1.54, 1.807) is 0 Å². The summed E-state index contributed by atoms with van der Waals surface area (Å²) in [4.78, 5) is 5.26. The fourth-order valence-corrected chi connectivity index (χ4v) is 4.51. The van der Waals surface area contributed by atoms with Gasteiger partial charge in [0, 0.05) is 11.6 Å². The molecule has 1 nitrogen and oxygen atoms in total. The van der Waals surface area contributed by atoms with Crippen molar-refractivity contribution >= 4 is 6.21 Å². The Morgan fingerprint density at radius 1 is 1.07 bits per heavy atom. The number of rotatable bonds is 12. The Kier molecular flexibility index (Phi) is 11.0. The van der Waals surface area contributed by atoms with Crippen molar-refractivity contribution < 1.29 is 0 Å². The third-order valence-electron chi connectivity index (χ3n) is 6.24. The first kappa shape index (κ1) is 25.7. The SMILES string of the molecule is C=CC(C)(CC)C(CCC)(CCC)C(C)(CC=C=C=C(C)C)/N=C\C(C)C. The topological polar surface area (TPSA) is 12.4 Å². The van der Waals surface area contributed by atoms with Gasteiger partial charge in [0.25, 0.3) is 0 Å². The Morgan fingerprint density at radius 2 is 1.63 bits per heavy atom. The smallest absolute Gasteiger partial charge is 0.0681 e. The highest BCUT2D eigenvalue weighted by Crippen LogP contribution is 2.58. The van der Waals surface area contributed by atoms with Crippen LogP contribution in [0.3, 0.4) is 0 Å². The largest absolute Gasteiger partial charge is 0.290 e. The van der Waals surface area contributed by atoms with Crippen LogP contribution in [0.2, 0.25) is 0 Å². The predicted molar refractivity (Wildman–Crippen MR) is 124 cm³/mol. The highest BCUT2D eigenvalue weighted by Gasteiger charge is 2.55. The molecule has 2 unspecified atom stereocenters. The molecule has 0 aliphatic rings. The molecule has 0 aromatic carbocycles. The van der Waals surface area contributed by atoms with Crippen LogP contribution in [-0.4, -0.2) is 11.8 Å². The average molecular weight is 372 g/mol. The maximum Gasteiger partial charge on any atom is 0.0681 e. The zero-order chi connectivity index (χ0) is 21.1. The van der Waals surface area contributed by atoms with Crippen LogP contribution >= 0.6 is 0 Å². The van der Waals surface area contributed by atoms with Crippen LogP contribution in [0, 0.1) is 16.7 Å². The molecular weight excluding hydrogens is 326 g/mol. The molecule has 0 fully saturated rings. The lowest BCUT2D eigenvalue weighted by Crippen LogP contribution is -2.54. The van der Waals surface area contributed by atoms with Gasteiger partial charge in [0.1, 0.15) is 0 Å². The van der Waals surface area contributed by atoms with Gasteiger partial charge in [-0.15, -0.1) is 6.58 Å². The second-order valence-electron chi connectivity index (χ2n) is 9.03. The molecule has 0 heterocycles. The maximum atomic E-state index is 5.26. The van der Waals surface area contributed by atoms with E-state index in [0.717, 1.165) is 44.1 Å². The van der Waals surface area contributed by atoms with Gasteiger partial charge < -0.3 is 0 Å². The molecule has 0 rings (SSSR count). The highest BCUT2D eigenvalue weighted by atomic mass is 14.9. The first-order valence-electron chi connectivity index (χ1n) is 10.9. The van der Waals surface area contributed by atoms with Crippen LogP contribution in [-0.2, 0) is 0 Å². The third-order valence-corrected chi connectivity index (χ3v) is 6.24. The molecule has 154 valence electrons. The summed E-state index contributed by atoms with van der Waals surface area (Å²) >= 11 is 0. The van der Waals surface area contributed by atoms with E-state index in [0.29, 0.717) is 5.92 Å². The van der Waals surface area contributed by atoms with Crippen molar-refractivity contribution in [2.75, 3.05) is 0 Å². The summed E-state index contributed by atoms with van der Waals surface area (Å²) in [6, 6.07) is 0. The van der Waals surface area contributed by atoms with E-state index in [-0.39, 0.29) is 16.4 Å². The summed E-state index contributed by atoms with van der Waals surface area (Å²) in [6.07, 6.45) is 13.1. The van der Waals surface area contributed by atoms with Gasteiger partial charge in [0.15, 0.2) is 0 Å². The summed E-state index contributed by atoms with van der Waals surface area (Å²) in [7, 11) is 0. The van der Waals surface area contributed by atoms with E-state index in [2.05, 4.69) is 98.7 Å². The van der Waals surface area contributed by atoms with E-state index in [1.165, 1.54) is 0 Å². The van der Waals surface area contributed by atoms with Crippen molar-refractivity contribution in [1.82, 2.24) is 0 Å². The molecule has 0 bridgehead atoms. The first-order valence-corrected chi connectivity index (χ1v) is 10.9. The molecule has 2 atom stereocenters. The lowest BCUT2D eigenvalue weighted by molar-refractivity contribution is -0.00990. The van der Waals surface area contributed by atoms with E-state index >= 15 is 0 Å². The quantitative estimate of drug-likeness (QED) is 0.186. The second-order valence-corrected chi connectivity index (χ2v) is 9.03. The molecule has 0 spiro atoms. The van der Waals surface area contributed by atoms with Gasteiger partial charge in [0.2, 0.25) is 0 Å². The fraction of sp³-hybridized carbons (Fsp3) is 0.731. The fourth-order valence-electron chi connectivity index (χ4n) is 4.51. The van der Waals surface area contributed by atoms with Crippen molar-refractivity contribution in [3.63, 3.8) is 0 Å². The van der Waals surface area contributed by atoms with Crippen LogP contribution in [0.5, 0.6) is 0 Å². The normalized spacial score (nSPS) is 16.4. The molecule has 0 aromatic heterocycles. The summed E-state index contributed by atoms with van der Waals surface area (Å²) in [5.74, 6) is 0.444. The Hall–Kier alpha value is -1.29. The van der Waals surface area contributed by atoms with Crippen molar-refractivity contribution in [3.05, 3.63) is 35.8 Å². The summed E-state index contributed by atoms with van der Waals surface area (Å²) < 4.78 is 0. The van der Waals surface area contributed by atoms with Crippen LogP contribution in [0.1, 0.15) is 101 Å². The minimum absolute atomic E-state index is 0.0379. The zero-order valence-electron chi connectivity index (χ0n) is 19.7. The zero-order valence-corrected chi connectivity index (χ0v) is 19.7. The van der Waals surface area contributed by atoms with E-state index in [4.69, 9.17) is 4.99 Å². The van der Waals surface area contributed by atoms with E-state index in [1.807, 2.05) is 0 Å². The standard InChI is InChI=1S/C26H45N/c1-11-18-26(19-12-2,24(9,13-3)14-4)25(10,27-21-23(7)8)20-16-15-17-22(5)6/h13,16,21,23H,3,11-12,14,18-20H2,1-2,4-10H3/b27-21-.